The number of para-hydroxylation sites is 1. The van der Waals surface area contributed by atoms with Crippen LogP contribution >= 0.6 is 11.8 Å². The Bertz CT molecular complexity index is 1050. The lowest BCUT2D eigenvalue weighted by molar-refractivity contribution is -0.116. The minimum atomic E-state index is 0.0613. The van der Waals surface area contributed by atoms with Gasteiger partial charge in [-0.1, -0.05) is 75.0 Å². The Morgan fingerprint density at radius 3 is 2.57 bits per heavy atom. The van der Waals surface area contributed by atoms with Crippen LogP contribution in [0, 0.1) is 0 Å². The fourth-order valence-electron chi connectivity index (χ4n) is 3.69. The van der Waals surface area contributed by atoms with Gasteiger partial charge in [0.25, 0.3) is 0 Å². The van der Waals surface area contributed by atoms with Crippen molar-refractivity contribution in [2.45, 2.75) is 44.2 Å². The van der Waals surface area contributed by atoms with Gasteiger partial charge in [-0.05, 0) is 35.4 Å². The second-order valence-corrected chi connectivity index (χ2v) is 9.51. The highest BCUT2D eigenvalue weighted by Crippen LogP contribution is 2.29. The molecule has 0 radical (unpaired) electrons. The second-order valence-electron chi connectivity index (χ2n) is 8.57. The average Bonchev–Trinajstić information content (AvgIpc) is 3.11. The van der Waals surface area contributed by atoms with Crippen molar-refractivity contribution >= 4 is 23.4 Å². The Kier molecular flexibility index (Phi) is 5.56. The maximum absolute atomic E-state index is 12.9. The number of rotatable bonds is 4. The Balaban J connectivity index is 1.46. The molecule has 30 heavy (non-hydrogen) atoms. The molecular weight excluding hydrogens is 394 g/mol. The molecule has 1 aromatic heterocycles. The van der Waals surface area contributed by atoms with Gasteiger partial charge in [0.15, 0.2) is 5.82 Å². The Morgan fingerprint density at radius 2 is 1.83 bits per heavy atom. The van der Waals surface area contributed by atoms with Gasteiger partial charge in [0.2, 0.25) is 11.1 Å². The summed E-state index contributed by atoms with van der Waals surface area (Å²) in [5.74, 6) is 7.17. The van der Waals surface area contributed by atoms with E-state index in [4.69, 9.17) is 5.84 Å². The van der Waals surface area contributed by atoms with Crippen LogP contribution in [0.4, 0.5) is 5.69 Å². The number of nitrogens with two attached hydrogens (primary N) is 1. The van der Waals surface area contributed by atoms with E-state index in [0.29, 0.717) is 11.0 Å². The molecule has 4 rings (SSSR count). The molecule has 1 aliphatic rings. The molecule has 156 valence electrons. The number of thioether (sulfide) groups is 1. The predicted octanol–water partition coefficient (Wildman–Crippen LogP) is 4.03. The highest BCUT2D eigenvalue weighted by molar-refractivity contribution is 7.99. The molecule has 2 N–H and O–H groups in total. The maximum Gasteiger partial charge on any atom is 0.237 e. The van der Waals surface area contributed by atoms with E-state index in [2.05, 4.69) is 49.2 Å². The number of carbonyl (C=O) groups excluding carboxylic acids is 1. The molecule has 0 bridgehead atoms. The molecule has 0 saturated heterocycles. The first-order chi connectivity index (χ1) is 14.3. The van der Waals surface area contributed by atoms with E-state index in [9.17, 15) is 4.79 Å². The van der Waals surface area contributed by atoms with Crippen molar-refractivity contribution in [2.24, 2.45) is 0 Å². The Labute approximate surface area is 181 Å². The predicted molar refractivity (Wildman–Crippen MR) is 122 cm³/mol. The smallest absolute Gasteiger partial charge is 0.237 e. The normalized spacial score (nSPS) is 13.9. The number of carbonyl (C=O) groups is 1. The summed E-state index contributed by atoms with van der Waals surface area (Å²) in [4.78, 5) is 14.7. The van der Waals surface area contributed by atoms with Crippen LogP contribution < -0.4 is 10.7 Å². The SMILES string of the molecule is CC(C)(C)c1ccc(-c2nnc(SCC(=O)N3CCCc4ccccc43)n2N)cc1. The quantitative estimate of drug-likeness (QED) is 0.508. The molecule has 0 atom stereocenters. The van der Waals surface area contributed by atoms with Gasteiger partial charge in [-0.3, -0.25) is 4.79 Å². The number of benzene rings is 2. The molecule has 0 unspecified atom stereocenters. The van der Waals surface area contributed by atoms with E-state index in [0.717, 1.165) is 30.6 Å². The van der Waals surface area contributed by atoms with Gasteiger partial charge < -0.3 is 10.7 Å². The summed E-state index contributed by atoms with van der Waals surface area (Å²) in [5, 5.41) is 8.98. The van der Waals surface area contributed by atoms with Crippen molar-refractivity contribution in [3.63, 3.8) is 0 Å². The fraction of sp³-hybridized carbons (Fsp3) is 0.348. The minimum absolute atomic E-state index is 0.0613. The molecule has 1 aliphatic heterocycles. The number of fused-ring (bicyclic) bond motifs is 1. The average molecular weight is 422 g/mol. The largest absolute Gasteiger partial charge is 0.335 e. The fourth-order valence-corrected chi connectivity index (χ4v) is 4.42. The molecule has 3 aromatic rings. The highest BCUT2D eigenvalue weighted by Gasteiger charge is 2.23. The lowest BCUT2D eigenvalue weighted by Crippen LogP contribution is -2.36. The molecule has 0 spiro atoms. The number of hydrogen-bond donors (Lipinski definition) is 1. The molecule has 0 aliphatic carbocycles. The van der Waals surface area contributed by atoms with Gasteiger partial charge in [-0.25, -0.2) is 4.68 Å². The molecule has 2 aromatic carbocycles. The summed E-state index contributed by atoms with van der Waals surface area (Å²) in [7, 11) is 0. The van der Waals surface area contributed by atoms with E-state index in [-0.39, 0.29) is 17.1 Å². The Morgan fingerprint density at radius 1 is 1.10 bits per heavy atom. The third-order valence-corrected chi connectivity index (χ3v) is 6.34. The number of hydrogen-bond acceptors (Lipinski definition) is 5. The maximum atomic E-state index is 12.9. The summed E-state index contributed by atoms with van der Waals surface area (Å²) < 4.78 is 1.47. The zero-order valence-electron chi connectivity index (χ0n) is 17.6. The van der Waals surface area contributed by atoms with Crippen molar-refractivity contribution in [1.82, 2.24) is 14.9 Å². The van der Waals surface area contributed by atoms with E-state index >= 15 is 0 Å². The number of aromatic nitrogens is 3. The van der Waals surface area contributed by atoms with Crippen molar-refractivity contribution in [3.05, 3.63) is 59.7 Å². The number of aryl methyl sites for hydroxylation is 1. The monoisotopic (exact) mass is 421 g/mol. The van der Waals surface area contributed by atoms with Crippen molar-refractivity contribution < 1.29 is 4.79 Å². The number of amides is 1. The van der Waals surface area contributed by atoms with Gasteiger partial charge in [-0.2, -0.15) is 0 Å². The van der Waals surface area contributed by atoms with Crippen LogP contribution in [0.1, 0.15) is 38.3 Å². The van der Waals surface area contributed by atoms with Crippen LogP contribution in [0.2, 0.25) is 0 Å². The Hall–Kier alpha value is -2.80. The van der Waals surface area contributed by atoms with Crippen molar-refractivity contribution in [2.75, 3.05) is 23.0 Å². The summed E-state index contributed by atoms with van der Waals surface area (Å²) in [6, 6.07) is 16.3. The summed E-state index contributed by atoms with van der Waals surface area (Å²) in [5.41, 5.74) is 4.48. The minimum Gasteiger partial charge on any atom is -0.335 e. The summed E-state index contributed by atoms with van der Waals surface area (Å²) >= 11 is 1.32. The lowest BCUT2D eigenvalue weighted by Gasteiger charge is -2.29. The molecule has 1 amide bonds. The van der Waals surface area contributed by atoms with Crippen LogP contribution in [0.3, 0.4) is 0 Å². The molecule has 2 heterocycles. The molecule has 7 heteroatoms. The van der Waals surface area contributed by atoms with Crippen molar-refractivity contribution in [1.29, 1.82) is 0 Å². The topological polar surface area (TPSA) is 77.0 Å². The summed E-state index contributed by atoms with van der Waals surface area (Å²) in [6.45, 7) is 7.29. The van der Waals surface area contributed by atoms with E-state index in [1.807, 2.05) is 35.2 Å². The van der Waals surface area contributed by atoms with Crippen LogP contribution in [-0.4, -0.2) is 33.1 Å². The van der Waals surface area contributed by atoms with Gasteiger partial charge in [0, 0.05) is 17.8 Å². The lowest BCUT2D eigenvalue weighted by atomic mass is 9.87. The zero-order valence-corrected chi connectivity index (χ0v) is 18.4. The first-order valence-corrected chi connectivity index (χ1v) is 11.2. The number of nitrogens with zero attached hydrogens (tertiary/aromatic N) is 4. The molecule has 0 fully saturated rings. The molecule has 0 saturated carbocycles. The number of anilines is 1. The van der Waals surface area contributed by atoms with E-state index in [1.165, 1.54) is 27.6 Å². The first kappa shape index (κ1) is 20.5. The van der Waals surface area contributed by atoms with Crippen LogP contribution in [0.15, 0.2) is 53.7 Å². The summed E-state index contributed by atoms with van der Waals surface area (Å²) in [6.07, 6.45) is 2.00. The zero-order chi connectivity index (χ0) is 21.3. The first-order valence-electron chi connectivity index (χ1n) is 10.2. The third-order valence-electron chi connectivity index (χ3n) is 5.41. The van der Waals surface area contributed by atoms with Gasteiger partial charge >= 0.3 is 0 Å². The molecule has 6 nitrogen and oxygen atoms in total. The van der Waals surface area contributed by atoms with Gasteiger partial charge in [0.1, 0.15) is 0 Å². The van der Waals surface area contributed by atoms with Crippen LogP contribution in [0.25, 0.3) is 11.4 Å². The van der Waals surface area contributed by atoms with Crippen LogP contribution in [-0.2, 0) is 16.6 Å². The van der Waals surface area contributed by atoms with Crippen LogP contribution in [0.5, 0.6) is 0 Å². The number of nitrogen functional groups attached to an aromatic ring is 1. The second kappa shape index (κ2) is 8.14. The van der Waals surface area contributed by atoms with E-state index < -0.39 is 0 Å². The van der Waals surface area contributed by atoms with Gasteiger partial charge in [0.05, 0.1) is 5.75 Å². The van der Waals surface area contributed by atoms with Crippen molar-refractivity contribution in [3.8, 4) is 11.4 Å². The molecular formula is C23H27N5OS. The van der Waals surface area contributed by atoms with E-state index in [1.54, 1.807) is 0 Å². The standard InChI is InChI=1S/C23H27N5OS/c1-23(2,3)18-12-10-17(11-13-18)21-25-26-22(28(21)24)30-15-20(29)27-14-6-8-16-7-4-5-9-19(16)27/h4-5,7,9-13H,6,8,14-15,24H2,1-3H3. The van der Waals surface area contributed by atoms with Gasteiger partial charge in [-0.15, -0.1) is 10.2 Å². The third kappa shape index (κ3) is 4.07. The highest BCUT2D eigenvalue weighted by atomic mass is 32.2.